The normalized spacial score (nSPS) is 15.8. The molecule has 7 heteroatoms. The molecule has 1 saturated heterocycles. The van der Waals surface area contributed by atoms with Crippen LogP contribution >= 0.6 is 22.6 Å². The fourth-order valence-corrected chi connectivity index (χ4v) is 3.74. The van der Waals surface area contributed by atoms with Gasteiger partial charge in [0.1, 0.15) is 5.82 Å². The second kappa shape index (κ2) is 9.47. The SMILES string of the molecule is CCN(CC)C(=O)CN1CCCN(C(=O)c2ccc(F)cc2I)CC1. The molecule has 138 valence electrons. The largest absolute Gasteiger partial charge is 0.342 e. The van der Waals surface area contributed by atoms with Crippen LogP contribution in [0.1, 0.15) is 30.6 Å². The molecule has 0 unspecified atom stereocenters. The Morgan fingerprint density at radius 2 is 1.88 bits per heavy atom. The van der Waals surface area contributed by atoms with Crippen LogP contribution in [0.5, 0.6) is 0 Å². The number of rotatable bonds is 5. The van der Waals surface area contributed by atoms with Crippen LogP contribution in [0.25, 0.3) is 0 Å². The van der Waals surface area contributed by atoms with Crippen molar-refractivity contribution in [2.75, 3.05) is 45.8 Å². The van der Waals surface area contributed by atoms with Crippen molar-refractivity contribution in [1.82, 2.24) is 14.7 Å². The zero-order chi connectivity index (χ0) is 18.4. The molecule has 1 heterocycles. The van der Waals surface area contributed by atoms with Gasteiger partial charge in [-0.05, 0) is 61.1 Å². The van der Waals surface area contributed by atoms with Crippen molar-refractivity contribution in [2.24, 2.45) is 0 Å². The van der Waals surface area contributed by atoms with Crippen LogP contribution in [-0.4, -0.2) is 72.3 Å². The lowest BCUT2D eigenvalue weighted by molar-refractivity contribution is -0.132. The maximum absolute atomic E-state index is 13.2. The Labute approximate surface area is 162 Å². The van der Waals surface area contributed by atoms with E-state index in [1.165, 1.54) is 12.1 Å². The first-order valence-corrected chi connectivity index (χ1v) is 9.78. The second-order valence-corrected chi connectivity index (χ2v) is 7.27. The summed E-state index contributed by atoms with van der Waals surface area (Å²) in [6.45, 7) is 8.52. The van der Waals surface area contributed by atoms with Gasteiger partial charge in [0.05, 0.1) is 12.1 Å². The first kappa shape index (κ1) is 20.1. The summed E-state index contributed by atoms with van der Waals surface area (Å²) in [5.74, 6) is -0.267. The predicted molar refractivity (Wildman–Crippen MR) is 104 cm³/mol. The summed E-state index contributed by atoms with van der Waals surface area (Å²) in [4.78, 5) is 30.7. The minimum Gasteiger partial charge on any atom is -0.342 e. The van der Waals surface area contributed by atoms with Crippen molar-refractivity contribution < 1.29 is 14.0 Å². The van der Waals surface area contributed by atoms with Crippen LogP contribution in [-0.2, 0) is 4.79 Å². The predicted octanol–water partition coefficient (Wildman–Crippen LogP) is 2.45. The molecule has 0 atom stereocenters. The summed E-state index contributed by atoms with van der Waals surface area (Å²) in [7, 11) is 0. The van der Waals surface area contributed by atoms with Crippen molar-refractivity contribution >= 4 is 34.4 Å². The van der Waals surface area contributed by atoms with Crippen LogP contribution in [0.3, 0.4) is 0 Å². The number of benzene rings is 1. The minimum atomic E-state index is -0.335. The summed E-state index contributed by atoms with van der Waals surface area (Å²) in [6.07, 6.45) is 0.828. The monoisotopic (exact) mass is 461 g/mol. The number of halogens is 2. The molecule has 2 amide bonds. The summed E-state index contributed by atoms with van der Waals surface area (Å²) in [6, 6.07) is 4.24. The Morgan fingerprint density at radius 1 is 1.16 bits per heavy atom. The summed E-state index contributed by atoms with van der Waals surface area (Å²) in [5, 5.41) is 0. The lowest BCUT2D eigenvalue weighted by Gasteiger charge is -2.25. The van der Waals surface area contributed by atoms with Gasteiger partial charge in [0, 0.05) is 42.8 Å². The van der Waals surface area contributed by atoms with Crippen LogP contribution in [0.4, 0.5) is 4.39 Å². The van der Waals surface area contributed by atoms with Gasteiger partial charge in [0.2, 0.25) is 5.91 Å². The zero-order valence-electron chi connectivity index (χ0n) is 14.8. The highest BCUT2D eigenvalue weighted by Crippen LogP contribution is 2.17. The van der Waals surface area contributed by atoms with E-state index in [0.717, 1.165) is 26.1 Å². The van der Waals surface area contributed by atoms with E-state index < -0.39 is 0 Å². The first-order chi connectivity index (χ1) is 12.0. The quantitative estimate of drug-likeness (QED) is 0.633. The topological polar surface area (TPSA) is 43.9 Å². The van der Waals surface area contributed by atoms with Crippen LogP contribution in [0.2, 0.25) is 0 Å². The molecule has 0 saturated carbocycles. The Hall–Kier alpha value is -1.22. The third-order valence-electron chi connectivity index (χ3n) is 4.51. The van der Waals surface area contributed by atoms with Gasteiger partial charge < -0.3 is 9.80 Å². The second-order valence-electron chi connectivity index (χ2n) is 6.11. The maximum Gasteiger partial charge on any atom is 0.254 e. The van der Waals surface area contributed by atoms with Gasteiger partial charge in [-0.3, -0.25) is 14.5 Å². The van der Waals surface area contributed by atoms with Gasteiger partial charge in [0.25, 0.3) is 5.91 Å². The number of hydrogen-bond acceptors (Lipinski definition) is 3. The average molecular weight is 461 g/mol. The Bertz CT molecular complexity index is 622. The Kier molecular flexibility index (Phi) is 7.61. The fourth-order valence-electron chi connectivity index (χ4n) is 3.03. The third kappa shape index (κ3) is 5.37. The van der Waals surface area contributed by atoms with Gasteiger partial charge in [-0.2, -0.15) is 0 Å². The Morgan fingerprint density at radius 3 is 2.52 bits per heavy atom. The van der Waals surface area contributed by atoms with E-state index in [1.54, 1.807) is 11.0 Å². The number of carbonyl (C=O) groups is 2. The van der Waals surface area contributed by atoms with Crippen molar-refractivity contribution in [2.45, 2.75) is 20.3 Å². The van der Waals surface area contributed by atoms with Gasteiger partial charge in [0.15, 0.2) is 0 Å². The average Bonchev–Trinajstić information content (AvgIpc) is 2.81. The summed E-state index contributed by atoms with van der Waals surface area (Å²) < 4.78 is 13.9. The highest BCUT2D eigenvalue weighted by atomic mass is 127. The van der Waals surface area contributed by atoms with E-state index in [4.69, 9.17) is 0 Å². The molecule has 1 aliphatic heterocycles. The van der Waals surface area contributed by atoms with E-state index in [9.17, 15) is 14.0 Å². The number of nitrogens with zero attached hydrogens (tertiary/aromatic N) is 3. The third-order valence-corrected chi connectivity index (χ3v) is 5.40. The number of likely N-dealkylation sites (N-methyl/N-ethyl adjacent to an activating group) is 1. The van der Waals surface area contributed by atoms with Crippen molar-refractivity contribution in [3.8, 4) is 0 Å². The van der Waals surface area contributed by atoms with Gasteiger partial charge in [-0.25, -0.2) is 4.39 Å². The molecule has 1 aromatic carbocycles. The van der Waals surface area contributed by atoms with E-state index in [0.29, 0.717) is 35.3 Å². The molecule has 0 radical (unpaired) electrons. The molecule has 1 aromatic rings. The molecular formula is C18H25FIN3O2. The molecule has 1 aliphatic rings. The van der Waals surface area contributed by atoms with Gasteiger partial charge in [-0.15, -0.1) is 0 Å². The summed E-state index contributed by atoms with van der Waals surface area (Å²) >= 11 is 1.99. The molecular weight excluding hydrogens is 436 g/mol. The number of hydrogen-bond donors (Lipinski definition) is 0. The highest BCUT2D eigenvalue weighted by Gasteiger charge is 2.23. The smallest absolute Gasteiger partial charge is 0.254 e. The molecule has 0 bridgehead atoms. The molecule has 0 spiro atoms. The zero-order valence-corrected chi connectivity index (χ0v) is 17.0. The van der Waals surface area contributed by atoms with Crippen molar-refractivity contribution in [3.05, 3.63) is 33.1 Å². The maximum atomic E-state index is 13.2. The van der Waals surface area contributed by atoms with Crippen molar-refractivity contribution in [1.29, 1.82) is 0 Å². The molecule has 0 aromatic heterocycles. The van der Waals surface area contributed by atoms with E-state index in [1.807, 2.05) is 41.3 Å². The molecule has 1 fully saturated rings. The van der Waals surface area contributed by atoms with Crippen LogP contribution in [0.15, 0.2) is 18.2 Å². The molecule has 5 nitrogen and oxygen atoms in total. The van der Waals surface area contributed by atoms with Gasteiger partial charge >= 0.3 is 0 Å². The van der Waals surface area contributed by atoms with E-state index in [2.05, 4.69) is 4.90 Å². The molecule has 0 N–H and O–H groups in total. The lowest BCUT2D eigenvalue weighted by Crippen LogP contribution is -2.42. The van der Waals surface area contributed by atoms with Crippen LogP contribution < -0.4 is 0 Å². The van der Waals surface area contributed by atoms with E-state index >= 15 is 0 Å². The highest BCUT2D eigenvalue weighted by molar-refractivity contribution is 14.1. The first-order valence-electron chi connectivity index (χ1n) is 8.70. The molecule has 2 rings (SSSR count). The molecule has 25 heavy (non-hydrogen) atoms. The fraction of sp³-hybridized carbons (Fsp3) is 0.556. The number of carbonyl (C=O) groups excluding carboxylic acids is 2. The van der Waals surface area contributed by atoms with Gasteiger partial charge in [-0.1, -0.05) is 0 Å². The standard InChI is InChI=1S/C18H25FIN3O2/c1-3-22(4-2)17(24)13-21-8-5-9-23(11-10-21)18(25)15-7-6-14(19)12-16(15)20/h6-7,12H,3-5,8-11,13H2,1-2H3. The summed E-state index contributed by atoms with van der Waals surface area (Å²) in [5.41, 5.74) is 0.537. The van der Waals surface area contributed by atoms with Crippen molar-refractivity contribution in [3.63, 3.8) is 0 Å². The minimum absolute atomic E-state index is 0.0682. The van der Waals surface area contributed by atoms with E-state index in [-0.39, 0.29) is 17.6 Å². The lowest BCUT2D eigenvalue weighted by atomic mass is 10.2. The Balaban J connectivity index is 1.96. The molecule has 0 aliphatic carbocycles. The number of amides is 2. The van der Waals surface area contributed by atoms with Crippen LogP contribution in [0, 0.1) is 9.39 Å².